The molecule has 1 aliphatic heterocycles. The normalized spacial score (nSPS) is 15.2. The minimum Gasteiger partial charge on any atom is -0.504 e. The van der Waals surface area contributed by atoms with Crippen molar-refractivity contribution in [3.63, 3.8) is 0 Å². The first-order chi connectivity index (χ1) is 13.8. The molecule has 0 aliphatic carbocycles. The maximum absolute atomic E-state index is 13.0. The van der Waals surface area contributed by atoms with Crippen LogP contribution in [0.5, 0.6) is 11.5 Å². The van der Waals surface area contributed by atoms with Crippen LogP contribution in [-0.4, -0.2) is 45.3 Å². The number of benzene rings is 2. The third kappa shape index (κ3) is 5.14. The van der Waals surface area contributed by atoms with Crippen LogP contribution in [0.3, 0.4) is 0 Å². The Balaban J connectivity index is 1.54. The molecule has 29 heavy (non-hydrogen) atoms. The van der Waals surface area contributed by atoms with Crippen LogP contribution in [0.15, 0.2) is 47.4 Å². The summed E-state index contributed by atoms with van der Waals surface area (Å²) in [7, 11) is 0. The van der Waals surface area contributed by atoms with E-state index in [2.05, 4.69) is 5.32 Å². The van der Waals surface area contributed by atoms with E-state index in [1.54, 1.807) is 6.07 Å². The number of thioether (sulfide) groups is 1. The number of aromatic hydroxyl groups is 2. The molecule has 0 spiro atoms. The van der Waals surface area contributed by atoms with Crippen LogP contribution >= 0.6 is 11.8 Å². The Morgan fingerprint density at radius 1 is 1.10 bits per heavy atom. The Morgan fingerprint density at radius 2 is 1.83 bits per heavy atom. The lowest BCUT2D eigenvalue weighted by Gasteiger charge is -2.12. The van der Waals surface area contributed by atoms with Crippen LogP contribution in [0.1, 0.15) is 11.1 Å². The lowest BCUT2D eigenvalue weighted by atomic mass is 10.1. The van der Waals surface area contributed by atoms with Crippen molar-refractivity contribution in [2.45, 2.75) is 6.42 Å². The van der Waals surface area contributed by atoms with Crippen molar-refractivity contribution in [2.24, 2.45) is 0 Å². The quantitative estimate of drug-likeness (QED) is 0.494. The average Bonchev–Trinajstić information content (AvgIpc) is 2.94. The van der Waals surface area contributed by atoms with E-state index >= 15 is 0 Å². The summed E-state index contributed by atoms with van der Waals surface area (Å²) in [5.41, 5.74) is 1.27. The Morgan fingerprint density at radius 3 is 2.52 bits per heavy atom. The van der Waals surface area contributed by atoms with Gasteiger partial charge in [-0.1, -0.05) is 18.2 Å². The SMILES string of the molecule is O=C(CN1C(=O)S/C(=C\c2ccc(F)cc2)C1=O)NCCc1ccc(O)c(O)c1. The van der Waals surface area contributed by atoms with Gasteiger partial charge in [0.1, 0.15) is 12.4 Å². The standard InChI is InChI=1S/C20H17FN2O5S/c21-14-4-1-12(2-5-14)10-17-19(27)23(20(28)29-17)11-18(26)22-8-7-13-3-6-15(24)16(25)9-13/h1-6,9-10,24-25H,7-8,11H2,(H,22,26)/b17-10-. The Bertz CT molecular complexity index is 991. The fraction of sp³-hybridized carbons (Fsp3) is 0.150. The number of halogens is 1. The maximum atomic E-state index is 13.0. The Labute approximate surface area is 169 Å². The highest BCUT2D eigenvalue weighted by molar-refractivity contribution is 8.18. The second-order valence-corrected chi connectivity index (χ2v) is 7.24. The summed E-state index contributed by atoms with van der Waals surface area (Å²) in [6.45, 7) is -0.184. The molecule has 3 amide bonds. The van der Waals surface area contributed by atoms with Gasteiger partial charge >= 0.3 is 0 Å². The van der Waals surface area contributed by atoms with Gasteiger partial charge in [-0.2, -0.15) is 0 Å². The highest BCUT2D eigenvalue weighted by Crippen LogP contribution is 2.32. The predicted octanol–water partition coefficient (Wildman–Crippen LogP) is 2.63. The van der Waals surface area contributed by atoms with Crippen molar-refractivity contribution in [2.75, 3.05) is 13.1 Å². The second kappa shape index (κ2) is 8.78. The first-order valence-corrected chi connectivity index (χ1v) is 9.43. The van der Waals surface area contributed by atoms with Crippen molar-refractivity contribution in [1.29, 1.82) is 0 Å². The second-order valence-electron chi connectivity index (χ2n) is 6.24. The van der Waals surface area contributed by atoms with Gasteiger partial charge in [-0.3, -0.25) is 19.3 Å². The van der Waals surface area contributed by atoms with Crippen LogP contribution in [0.25, 0.3) is 6.08 Å². The average molecular weight is 416 g/mol. The van der Waals surface area contributed by atoms with E-state index in [4.69, 9.17) is 0 Å². The van der Waals surface area contributed by atoms with Crippen LogP contribution < -0.4 is 5.32 Å². The molecule has 0 unspecified atom stereocenters. The molecule has 2 aromatic rings. The van der Waals surface area contributed by atoms with Crippen LogP contribution in [-0.2, 0) is 16.0 Å². The van der Waals surface area contributed by atoms with Gasteiger partial charge in [0, 0.05) is 6.54 Å². The van der Waals surface area contributed by atoms with Gasteiger partial charge in [0.05, 0.1) is 4.91 Å². The number of carbonyl (C=O) groups excluding carboxylic acids is 3. The fourth-order valence-electron chi connectivity index (χ4n) is 2.62. The van der Waals surface area contributed by atoms with Crippen LogP contribution in [0, 0.1) is 5.82 Å². The van der Waals surface area contributed by atoms with Crippen molar-refractivity contribution in [3.8, 4) is 11.5 Å². The molecule has 2 aromatic carbocycles. The van der Waals surface area contributed by atoms with Crippen molar-refractivity contribution < 1.29 is 29.0 Å². The molecule has 1 fully saturated rings. The number of hydrogen-bond donors (Lipinski definition) is 3. The van der Waals surface area contributed by atoms with Gasteiger partial charge < -0.3 is 15.5 Å². The van der Waals surface area contributed by atoms with Crippen molar-refractivity contribution in [1.82, 2.24) is 10.2 Å². The van der Waals surface area contributed by atoms with Crippen molar-refractivity contribution in [3.05, 3.63) is 64.3 Å². The van der Waals surface area contributed by atoms with Gasteiger partial charge in [-0.05, 0) is 59.7 Å². The number of phenols is 2. The zero-order chi connectivity index (χ0) is 21.0. The molecule has 0 radical (unpaired) electrons. The van der Waals surface area contributed by atoms with E-state index in [0.29, 0.717) is 17.5 Å². The van der Waals surface area contributed by atoms with Gasteiger partial charge in [0.2, 0.25) is 5.91 Å². The molecule has 1 saturated heterocycles. The number of nitrogens with one attached hydrogen (secondary N) is 1. The monoisotopic (exact) mass is 416 g/mol. The molecule has 1 heterocycles. The zero-order valence-electron chi connectivity index (χ0n) is 15.1. The highest BCUT2D eigenvalue weighted by Gasteiger charge is 2.36. The van der Waals surface area contributed by atoms with Gasteiger partial charge in [-0.15, -0.1) is 0 Å². The number of hydrogen-bond acceptors (Lipinski definition) is 6. The number of carbonyl (C=O) groups is 3. The van der Waals surface area contributed by atoms with E-state index in [-0.39, 0.29) is 22.9 Å². The number of phenolic OH excluding ortho intramolecular Hbond substituents is 2. The first kappa shape index (κ1) is 20.4. The van der Waals surface area contributed by atoms with Crippen LogP contribution in [0.2, 0.25) is 0 Å². The number of rotatable bonds is 6. The van der Waals surface area contributed by atoms with E-state index in [1.807, 2.05) is 0 Å². The highest BCUT2D eigenvalue weighted by atomic mass is 32.2. The molecule has 0 atom stereocenters. The summed E-state index contributed by atoms with van der Waals surface area (Å²) >= 11 is 0.720. The minimum atomic E-state index is -0.581. The molecule has 9 heteroatoms. The molecule has 150 valence electrons. The van der Waals surface area contributed by atoms with E-state index < -0.39 is 29.4 Å². The largest absolute Gasteiger partial charge is 0.504 e. The smallest absolute Gasteiger partial charge is 0.294 e. The summed E-state index contributed by atoms with van der Waals surface area (Å²) < 4.78 is 13.0. The molecule has 0 saturated carbocycles. The number of nitrogens with zero attached hydrogens (tertiary/aromatic N) is 1. The zero-order valence-corrected chi connectivity index (χ0v) is 15.9. The molecule has 1 aliphatic rings. The summed E-state index contributed by atoms with van der Waals surface area (Å²) in [6, 6.07) is 9.80. The lowest BCUT2D eigenvalue weighted by Crippen LogP contribution is -2.40. The molecule has 3 rings (SSSR count). The van der Waals surface area contributed by atoms with Crippen molar-refractivity contribution >= 4 is 34.9 Å². The van der Waals surface area contributed by atoms with E-state index in [9.17, 15) is 29.0 Å². The minimum absolute atomic E-state index is 0.161. The van der Waals surface area contributed by atoms with E-state index in [1.165, 1.54) is 42.5 Å². The Hall–Kier alpha value is -3.33. The number of imide groups is 1. The number of amides is 3. The van der Waals surface area contributed by atoms with Gasteiger partial charge in [0.15, 0.2) is 11.5 Å². The summed E-state index contributed by atoms with van der Waals surface area (Å²) in [6.07, 6.45) is 1.87. The lowest BCUT2D eigenvalue weighted by molar-refractivity contribution is -0.129. The molecule has 7 nitrogen and oxygen atoms in total. The topological polar surface area (TPSA) is 107 Å². The van der Waals surface area contributed by atoms with E-state index in [0.717, 1.165) is 16.7 Å². The third-order valence-corrected chi connectivity index (χ3v) is 5.03. The maximum Gasteiger partial charge on any atom is 0.294 e. The molecule has 0 bridgehead atoms. The van der Waals surface area contributed by atoms with Crippen LogP contribution in [0.4, 0.5) is 9.18 Å². The summed E-state index contributed by atoms with van der Waals surface area (Å²) in [5, 5.41) is 20.8. The summed E-state index contributed by atoms with van der Waals surface area (Å²) in [5.74, 6) is -1.97. The first-order valence-electron chi connectivity index (χ1n) is 8.62. The predicted molar refractivity (Wildman–Crippen MR) is 106 cm³/mol. The molecule has 3 N–H and O–H groups in total. The van der Waals surface area contributed by atoms with Gasteiger partial charge in [-0.25, -0.2) is 4.39 Å². The molecular weight excluding hydrogens is 399 g/mol. The van der Waals surface area contributed by atoms with Gasteiger partial charge in [0.25, 0.3) is 11.1 Å². The fourth-order valence-corrected chi connectivity index (χ4v) is 3.46. The Kier molecular flexibility index (Phi) is 6.18. The molecule has 0 aromatic heterocycles. The molecular formula is C20H17FN2O5S. The summed E-state index contributed by atoms with van der Waals surface area (Å²) in [4.78, 5) is 37.6. The third-order valence-electron chi connectivity index (χ3n) is 4.12.